The normalized spacial score (nSPS) is 12.9. The second kappa shape index (κ2) is 5.73. The number of benzene rings is 1. The average molecular weight is 279 g/mol. The fourth-order valence-corrected chi connectivity index (χ4v) is 2.42. The van der Waals surface area contributed by atoms with E-state index in [-0.39, 0.29) is 17.7 Å². The van der Waals surface area contributed by atoms with Gasteiger partial charge in [0.2, 0.25) is 0 Å². The minimum atomic E-state index is -0.235. The molecule has 0 amide bonds. The van der Waals surface area contributed by atoms with E-state index in [0.29, 0.717) is 0 Å². The van der Waals surface area contributed by atoms with Crippen molar-refractivity contribution in [1.29, 1.82) is 0 Å². The van der Waals surface area contributed by atoms with E-state index < -0.39 is 0 Å². The molecule has 0 aromatic heterocycles. The van der Waals surface area contributed by atoms with E-state index in [2.05, 4.69) is 15.9 Å². The van der Waals surface area contributed by atoms with Crippen molar-refractivity contribution in [2.24, 2.45) is 0 Å². The van der Waals surface area contributed by atoms with Gasteiger partial charge in [-0.25, -0.2) is 4.39 Å². The fraction of sp³-hybridized carbons (Fsp3) is 0.400. The van der Waals surface area contributed by atoms with Crippen LogP contribution in [-0.4, -0.2) is 17.0 Å². The lowest BCUT2D eigenvalue weighted by molar-refractivity contribution is 0.300. The zero-order valence-electron chi connectivity index (χ0n) is 7.84. The van der Waals surface area contributed by atoms with E-state index in [1.807, 2.05) is 6.92 Å². The van der Waals surface area contributed by atoms with Gasteiger partial charge in [0.05, 0.1) is 6.61 Å². The molecular formula is C10H12BrFOS. The minimum absolute atomic E-state index is 0.170. The number of aliphatic hydroxyl groups is 1. The first kappa shape index (κ1) is 12.0. The lowest BCUT2D eigenvalue weighted by Gasteiger charge is -2.08. The van der Waals surface area contributed by atoms with Crippen LogP contribution < -0.4 is 0 Å². The second-order valence-corrected chi connectivity index (χ2v) is 5.32. The van der Waals surface area contributed by atoms with E-state index in [1.165, 1.54) is 12.1 Å². The monoisotopic (exact) mass is 278 g/mol. The molecule has 1 aromatic carbocycles. The zero-order chi connectivity index (χ0) is 10.6. The van der Waals surface area contributed by atoms with Gasteiger partial charge in [-0.05, 0) is 17.7 Å². The Hall–Kier alpha value is -0.0600. The van der Waals surface area contributed by atoms with Crippen molar-refractivity contribution < 1.29 is 9.50 Å². The van der Waals surface area contributed by atoms with Gasteiger partial charge in [0, 0.05) is 15.5 Å². The molecule has 0 aliphatic carbocycles. The number of halogens is 2. The van der Waals surface area contributed by atoms with Crippen LogP contribution in [0.25, 0.3) is 0 Å². The number of aliphatic hydroxyl groups excluding tert-OH is 1. The Morgan fingerprint density at radius 2 is 2.29 bits per heavy atom. The maximum atomic E-state index is 12.7. The van der Waals surface area contributed by atoms with Crippen LogP contribution in [0.3, 0.4) is 0 Å². The minimum Gasteiger partial charge on any atom is -0.395 e. The van der Waals surface area contributed by atoms with Gasteiger partial charge in [-0.15, -0.1) is 0 Å². The molecular weight excluding hydrogens is 267 g/mol. The van der Waals surface area contributed by atoms with E-state index in [1.54, 1.807) is 17.8 Å². The highest BCUT2D eigenvalue weighted by Gasteiger charge is 2.04. The highest BCUT2D eigenvalue weighted by atomic mass is 79.9. The number of thioether (sulfide) groups is 1. The Morgan fingerprint density at radius 3 is 2.86 bits per heavy atom. The van der Waals surface area contributed by atoms with E-state index in [9.17, 15) is 4.39 Å². The van der Waals surface area contributed by atoms with Gasteiger partial charge < -0.3 is 5.11 Å². The molecule has 1 nitrogen and oxygen atoms in total. The van der Waals surface area contributed by atoms with Gasteiger partial charge in [0.1, 0.15) is 5.82 Å². The summed E-state index contributed by atoms with van der Waals surface area (Å²) < 4.78 is 13.5. The van der Waals surface area contributed by atoms with Crippen molar-refractivity contribution in [1.82, 2.24) is 0 Å². The average Bonchev–Trinajstić information content (AvgIpc) is 2.16. The van der Waals surface area contributed by atoms with Crippen molar-refractivity contribution in [2.75, 3.05) is 6.61 Å². The van der Waals surface area contributed by atoms with Crippen molar-refractivity contribution >= 4 is 27.7 Å². The molecule has 0 aliphatic heterocycles. The molecule has 0 radical (unpaired) electrons. The van der Waals surface area contributed by atoms with Gasteiger partial charge in [0.25, 0.3) is 0 Å². The van der Waals surface area contributed by atoms with Crippen LogP contribution in [0.2, 0.25) is 0 Å². The summed E-state index contributed by atoms with van der Waals surface area (Å²) in [6.07, 6.45) is 0. The first-order valence-electron chi connectivity index (χ1n) is 4.30. The third kappa shape index (κ3) is 3.59. The topological polar surface area (TPSA) is 20.2 Å². The van der Waals surface area contributed by atoms with Crippen molar-refractivity contribution in [3.05, 3.63) is 34.1 Å². The number of rotatable bonds is 4. The Bertz CT molecular complexity index is 306. The Labute approximate surface area is 95.8 Å². The molecule has 1 aromatic rings. The number of hydrogen-bond donors (Lipinski definition) is 1. The molecule has 1 atom stereocenters. The van der Waals surface area contributed by atoms with Crippen LogP contribution in [0.15, 0.2) is 22.7 Å². The first-order valence-corrected chi connectivity index (χ1v) is 6.14. The Morgan fingerprint density at radius 1 is 1.57 bits per heavy atom. The van der Waals surface area contributed by atoms with Crippen LogP contribution in [0, 0.1) is 5.82 Å². The maximum Gasteiger partial charge on any atom is 0.124 e. The molecule has 14 heavy (non-hydrogen) atoms. The third-order valence-corrected chi connectivity index (χ3v) is 3.73. The maximum absolute atomic E-state index is 12.7. The second-order valence-electron chi connectivity index (χ2n) is 3.04. The largest absolute Gasteiger partial charge is 0.395 e. The lowest BCUT2D eigenvalue weighted by Crippen LogP contribution is -2.02. The van der Waals surface area contributed by atoms with Gasteiger partial charge in [-0.2, -0.15) is 11.8 Å². The molecule has 1 unspecified atom stereocenters. The summed E-state index contributed by atoms with van der Waals surface area (Å²) in [6.45, 7) is 2.13. The van der Waals surface area contributed by atoms with Gasteiger partial charge in [-0.3, -0.25) is 0 Å². The quantitative estimate of drug-likeness (QED) is 0.913. The van der Waals surface area contributed by atoms with E-state index in [0.717, 1.165) is 15.8 Å². The molecule has 4 heteroatoms. The Balaban J connectivity index is 2.59. The summed E-state index contributed by atoms with van der Waals surface area (Å²) in [5.74, 6) is 0.545. The van der Waals surface area contributed by atoms with Crippen molar-refractivity contribution in [3.8, 4) is 0 Å². The predicted octanol–water partition coefficient (Wildman–Crippen LogP) is 3.20. The molecule has 0 heterocycles. The lowest BCUT2D eigenvalue weighted by atomic mass is 10.2. The summed E-state index contributed by atoms with van der Waals surface area (Å²) in [5, 5.41) is 9.05. The smallest absolute Gasteiger partial charge is 0.124 e. The van der Waals surface area contributed by atoms with E-state index >= 15 is 0 Å². The predicted molar refractivity (Wildman–Crippen MR) is 61.9 cm³/mol. The van der Waals surface area contributed by atoms with Crippen molar-refractivity contribution in [2.45, 2.75) is 17.9 Å². The third-order valence-electron chi connectivity index (χ3n) is 1.80. The molecule has 0 aliphatic rings. The van der Waals surface area contributed by atoms with Crippen LogP contribution in [0.5, 0.6) is 0 Å². The standard InChI is InChI=1S/C10H12BrFOS/c1-7(5-13)14-6-8-2-3-9(12)4-10(8)11/h2-4,7,13H,5-6H2,1H3. The van der Waals surface area contributed by atoms with Crippen LogP contribution in [0.4, 0.5) is 4.39 Å². The highest BCUT2D eigenvalue weighted by molar-refractivity contribution is 9.10. The summed E-state index contributed by atoms with van der Waals surface area (Å²) in [5.41, 5.74) is 1.05. The van der Waals surface area contributed by atoms with Gasteiger partial charge in [-0.1, -0.05) is 28.9 Å². The molecule has 0 saturated carbocycles. The zero-order valence-corrected chi connectivity index (χ0v) is 10.2. The molecule has 0 saturated heterocycles. The van der Waals surface area contributed by atoms with Crippen molar-refractivity contribution in [3.63, 3.8) is 0 Å². The van der Waals surface area contributed by atoms with E-state index in [4.69, 9.17) is 5.11 Å². The van der Waals surface area contributed by atoms with Crippen LogP contribution in [-0.2, 0) is 5.75 Å². The highest BCUT2D eigenvalue weighted by Crippen LogP contribution is 2.24. The SMILES string of the molecule is CC(CO)SCc1ccc(F)cc1Br. The summed E-state index contributed by atoms with van der Waals surface area (Å²) in [4.78, 5) is 0. The van der Waals surface area contributed by atoms with Gasteiger partial charge >= 0.3 is 0 Å². The molecule has 0 fully saturated rings. The number of hydrogen-bond acceptors (Lipinski definition) is 2. The molecule has 0 bridgehead atoms. The summed E-state index contributed by atoms with van der Waals surface area (Å²) in [7, 11) is 0. The molecule has 0 spiro atoms. The molecule has 1 N–H and O–H groups in total. The van der Waals surface area contributed by atoms with Gasteiger partial charge in [0.15, 0.2) is 0 Å². The summed E-state index contributed by atoms with van der Waals surface area (Å²) in [6, 6.07) is 4.67. The molecule has 1 rings (SSSR count). The fourth-order valence-electron chi connectivity index (χ4n) is 0.923. The summed E-state index contributed by atoms with van der Waals surface area (Å²) >= 11 is 4.95. The Kier molecular flexibility index (Phi) is 4.92. The van der Waals surface area contributed by atoms with Crippen LogP contribution >= 0.6 is 27.7 Å². The van der Waals surface area contributed by atoms with Crippen LogP contribution in [0.1, 0.15) is 12.5 Å². The first-order chi connectivity index (χ1) is 6.63. The molecule has 78 valence electrons.